The van der Waals surface area contributed by atoms with E-state index >= 15 is 0 Å². The summed E-state index contributed by atoms with van der Waals surface area (Å²) < 4.78 is 12.0. The molecule has 0 spiro atoms. The number of carbonyl (C=O) groups excluding carboxylic acids is 1. The molecule has 1 unspecified atom stereocenters. The number of rotatable bonds is 3. The molecule has 0 saturated heterocycles. The number of ether oxygens (including phenoxy) is 2. The number of halogens is 1. The molecular formula is C16H15BrN2O3. The summed E-state index contributed by atoms with van der Waals surface area (Å²) >= 11 is 3.52. The van der Waals surface area contributed by atoms with Gasteiger partial charge in [-0.15, -0.1) is 0 Å². The van der Waals surface area contributed by atoms with Crippen LogP contribution in [0.15, 0.2) is 41.1 Å². The van der Waals surface area contributed by atoms with E-state index in [0.29, 0.717) is 30.3 Å². The van der Waals surface area contributed by atoms with Crippen molar-refractivity contribution >= 4 is 21.8 Å². The summed E-state index contributed by atoms with van der Waals surface area (Å²) in [5, 5.41) is 2.95. The number of hydrogen-bond donors (Lipinski definition) is 1. The first-order valence-corrected chi connectivity index (χ1v) is 7.74. The van der Waals surface area contributed by atoms with Crippen LogP contribution < -0.4 is 14.8 Å². The van der Waals surface area contributed by atoms with Gasteiger partial charge in [0.05, 0.1) is 11.6 Å². The highest BCUT2D eigenvalue weighted by Crippen LogP contribution is 2.37. The van der Waals surface area contributed by atoms with Crippen LogP contribution in [0.3, 0.4) is 0 Å². The van der Waals surface area contributed by atoms with Gasteiger partial charge in [0, 0.05) is 16.9 Å². The lowest BCUT2D eigenvalue weighted by Crippen LogP contribution is -2.27. The Hall–Kier alpha value is -2.08. The van der Waals surface area contributed by atoms with Crippen molar-refractivity contribution in [3.63, 3.8) is 0 Å². The second-order valence-electron chi connectivity index (χ2n) is 4.95. The number of pyridine rings is 1. The highest BCUT2D eigenvalue weighted by Gasteiger charge is 2.19. The van der Waals surface area contributed by atoms with E-state index in [9.17, 15) is 4.79 Å². The molecule has 1 aromatic heterocycles. The highest BCUT2D eigenvalue weighted by molar-refractivity contribution is 9.10. The number of fused-ring (bicyclic) bond motifs is 1. The van der Waals surface area contributed by atoms with Crippen LogP contribution in [0.2, 0.25) is 0 Å². The molecule has 1 amide bonds. The molecule has 1 aliphatic heterocycles. The zero-order chi connectivity index (χ0) is 15.5. The van der Waals surface area contributed by atoms with Gasteiger partial charge in [0.2, 0.25) is 0 Å². The topological polar surface area (TPSA) is 60.5 Å². The molecule has 3 rings (SSSR count). The van der Waals surface area contributed by atoms with Crippen molar-refractivity contribution in [2.45, 2.75) is 13.0 Å². The van der Waals surface area contributed by atoms with Crippen molar-refractivity contribution in [1.29, 1.82) is 0 Å². The Labute approximate surface area is 136 Å². The van der Waals surface area contributed by atoms with Crippen molar-refractivity contribution < 1.29 is 14.3 Å². The van der Waals surface area contributed by atoms with Crippen molar-refractivity contribution in [3.8, 4) is 11.5 Å². The molecule has 1 atom stereocenters. The predicted molar refractivity (Wildman–Crippen MR) is 85.3 cm³/mol. The van der Waals surface area contributed by atoms with Gasteiger partial charge in [-0.25, -0.2) is 0 Å². The van der Waals surface area contributed by atoms with E-state index in [2.05, 4.69) is 26.2 Å². The van der Waals surface area contributed by atoms with Crippen LogP contribution in [0.4, 0.5) is 0 Å². The average molecular weight is 363 g/mol. The van der Waals surface area contributed by atoms with Crippen molar-refractivity contribution in [2.24, 2.45) is 0 Å². The van der Waals surface area contributed by atoms with Gasteiger partial charge in [0.1, 0.15) is 13.2 Å². The van der Waals surface area contributed by atoms with Gasteiger partial charge in [-0.3, -0.25) is 9.78 Å². The number of benzene rings is 1. The minimum absolute atomic E-state index is 0.164. The number of hydrogen-bond acceptors (Lipinski definition) is 4. The van der Waals surface area contributed by atoms with E-state index in [0.717, 1.165) is 10.0 Å². The Morgan fingerprint density at radius 1 is 1.32 bits per heavy atom. The van der Waals surface area contributed by atoms with Gasteiger partial charge < -0.3 is 14.8 Å². The maximum absolute atomic E-state index is 12.2. The largest absolute Gasteiger partial charge is 0.486 e. The van der Waals surface area contributed by atoms with Crippen molar-refractivity contribution in [1.82, 2.24) is 10.3 Å². The van der Waals surface area contributed by atoms with Crippen LogP contribution >= 0.6 is 15.9 Å². The minimum Gasteiger partial charge on any atom is -0.486 e. The lowest BCUT2D eigenvalue weighted by Gasteiger charge is -2.22. The van der Waals surface area contributed by atoms with Gasteiger partial charge in [-0.05, 0) is 36.8 Å². The van der Waals surface area contributed by atoms with E-state index in [1.54, 1.807) is 24.5 Å². The molecule has 6 heteroatoms. The Kier molecular flexibility index (Phi) is 4.29. The molecule has 0 aliphatic carbocycles. The second kappa shape index (κ2) is 6.36. The number of aromatic nitrogens is 1. The maximum Gasteiger partial charge on any atom is 0.253 e. The second-order valence-corrected chi connectivity index (χ2v) is 5.81. The summed E-state index contributed by atoms with van der Waals surface area (Å²) in [6.45, 7) is 3.00. The molecule has 1 aliphatic rings. The SMILES string of the molecule is CC(NC(=O)c1cccnc1)c1cc2c(cc1Br)OCCO2. The highest BCUT2D eigenvalue weighted by atomic mass is 79.9. The Morgan fingerprint density at radius 3 is 2.73 bits per heavy atom. The number of nitrogens with one attached hydrogen (secondary N) is 1. The number of nitrogens with zero attached hydrogens (tertiary/aromatic N) is 1. The maximum atomic E-state index is 12.2. The average Bonchev–Trinajstić information content (AvgIpc) is 2.54. The quantitative estimate of drug-likeness (QED) is 0.911. The standard InChI is InChI=1S/C16H15BrN2O3/c1-10(19-16(20)11-3-2-4-18-9-11)12-7-14-15(8-13(12)17)22-6-5-21-14/h2-4,7-10H,5-6H2,1H3,(H,19,20). The van der Waals surface area contributed by atoms with E-state index in [-0.39, 0.29) is 11.9 Å². The summed E-state index contributed by atoms with van der Waals surface area (Å²) in [7, 11) is 0. The fraction of sp³-hybridized carbons (Fsp3) is 0.250. The lowest BCUT2D eigenvalue weighted by atomic mass is 10.1. The summed E-state index contributed by atoms with van der Waals surface area (Å²) in [4.78, 5) is 16.2. The monoisotopic (exact) mass is 362 g/mol. The normalized spacial score (nSPS) is 14.3. The molecule has 1 N–H and O–H groups in total. The minimum atomic E-state index is -0.182. The Balaban J connectivity index is 1.80. The summed E-state index contributed by atoms with van der Waals surface area (Å²) in [5.41, 5.74) is 1.46. The van der Waals surface area contributed by atoms with E-state index in [1.165, 1.54) is 0 Å². The van der Waals surface area contributed by atoms with Crippen LogP contribution in [0.25, 0.3) is 0 Å². The zero-order valence-electron chi connectivity index (χ0n) is 12.0. The van der Waals surface area contributed by atoms with Crippen LogP contribution in [-0.2, 0) is 0 Å². The molecule has 2 heterocycles. The lowest BCUT2D eigenvalue weighted by molar-refractivity contribution is 0.0939. The molecule has 2 aromatic rings. The molecule has 114 valence electrons. The summed E-state index contributed by atoms with van der Waals surface area (Å²) in [6, 6.07) is 7.05. The fourth-order valence-corrected chi connectivity index (χ4v) is 2.93. The Morgan fingerprint density at radius 2 is 2.05 bits per heavy atom. The van der Waals surface area contributed by atoms with E-state index in [4.69, 9.17) is 9.47 Å². The molecule has 5 nitrogen and oxygen atoms in total. The van der Waals surface area contributed by atoms with E-state index in [1.807, 2.05) is 19.1 Å². The molecular weight excluding hydrogens is 348 g/mol. The molecule has 0 bridgehead atoms. The van der Waals surface area contributed by atoms with Crippen LogP contribution in [-0.4, -0.2) is 24.1 Å². The van der Waals surface area contributed by atoms with Crippen molar-refractivity contribution in [3.05, 3.63) is 52.3 Å². The molecule has 0 saturated carbocycles. The van der Waals surface area contributed by atoms with Gasteiger partial charge in [0.15, 0.2) is 11.5 Å². The summed E-state index contributed by atoms with van der Waals surface area (Å²) in [6.07, 6.45) is 3.18. The third-order valence-electron chi connectivity index (χ3n) is 3.40. The molecule has 22 heavy (non-hydrogen) atoms. The van der Waals surface area contributed by atoms with Gasteiger partial charge in [0.25, 0.3) is 5.91 Å². The van der Waals surface area contributed by atoms with Gasteiger partial charge in [-0.2, -0.15) is 0 Å². The first-order valence-electron chi connectivity index (χ1n) is 6.95. The van der Waals surface area contributed by atoms with Crippen LogP contribution in [0.1, 0.15) is 28.9 Å². The smallest absolute Gasteiger partial charge is 0.253 e. The first-order chi connectivity index (χ1) is 10.6. The third kappa shape index (κ3) is 3.06. The van der Waals surface area contributed by atoms with Gasteiger partial charge in [-0.1, -0.05) is 15.9 Å². The first kappa shape index (κ1) is 14.8. The molecule has 0 fully saturated rings. The fourth-order valence-electron chi connectivity index (χ4n) is 2.27. The van der Waals surface area contributed by atoms with Crippen LogP contribution in [0, 0.1) is 0 Å². The van der Waals surface area contributed by atoms with E-state index < -0.39 is 0 Å². The summed E-state index contributed by atoms with van der Waals surface area (Å²) in [5.74, 6) is 1.25. The molecule has 0 radical (unpaired) electrons. The molecule has 1 aromatic carbocycles. The van der Waals surface area contributed by atoms with Gasteiger partial charge >= 0.3 is 0 Å². The van der Waals surface area contributed by atoms with Crippen LogP contribution in [0.5, 0.6) is 11.5 Å². The third-order valence-corrected chi connectivity index (χ3v) is 4.09. The predicted octanol–water partition coefficient (Wildman–Crippen LogP) is 3.11. The Bertz CT molecular complexity index is 691. The number of amides is 1. The van der Waals surface area contributed by atoms with Crippen molar-refractivity contribution in [2.75, 3.05) is 13.2 Å². The zero-order valence-corrected chi connectivity index (χ0v) is 13.6. The number of carbonyl (C=O) groups is 1.